The first-order valence-corrected chi connectivity index (χ1v) is 8.23. The maximum Gasteiger partial charge on any atom is 0.227 e. The Balaban J connectivity index is 1.60. The summed E-state index contributed by atoms with van der Waals surface area (Å²) in [6.45, 7) is 2.74. The number of rotatable bonds is 3. The molecule has 1 saturated carbocycles. The summed E-state index contributed by atoms with van der Waals surface area (Å²) in [7, 11) is 1.45. The Morgan fingerprint density at radius 2 is 2.00 bits per heavy atom. The van der Waals surface area contributed by atoms with E-state index in [9.17, 15) is 9.18 Å². The smallest absolute Gasteiger partial charge is 0.227 e. The molecule has 3 rings (SSSR count). The van der Waals surface area contributed by atoms with Gasteiger partial charge in [0.2, 0.25) is 5.91 Å². The van der Waals surface area contributed by atoms with Crippen molar-refractivity contribution in [2.45, 2.75) is 25.3 Å². The first-order valence-electron chi connectivity index (χ1n) is 8.23. The predicted molar refractivity (Wildman–Crippen MR) is 87.1 cm³/mol. The Labute approximate surface area is 136 Å². The largest absolute Gasteiger partial charge is 0.494 e. The number of nitrogens with two attached hydrogens (primary N) is 1. The average molecular weight is 321 g/mol. The van der Waals surface area contributed by atoms with E-state index in [2.05, 4.69) is 4.90 Å². The fourth-order valence-corrected chi connectivity index (χ4v) is 3.57. The van der Waals surface area contributed by atoms with Gasteiger partial charge in [0.15, 0.2) is 11.6 Å². The molecule has 1 aromatic rings. The van der Waals surface area contributed by atoms with Gasteiger partial charge in [-0.05, 0) is 25.0 Å². The highest BCUT2D eigenvalue weighted by atomic mass is 19.1. The van der Waals surface area contributed by atoms with E-state index in [4.69, 9.17) is 10.5 Å². The standard InChI is InChI=1S/C17H24FN3O2/c1-23-16-6-5-12(11-14(16)18)20-7-9-21(10-8-20)17(22)13-3-2-4-15(13)19/h5-6,11,13,15H,2-4,7-10,19H2,1H3/t13-,15-/m0/s1. The van der Waals surface area contributed by atoms with E-state index in [-0.39, 0.29) is 29.4 Å². The fraction of sp³-hybridized carbons (Fsp3) is 0.588. The summed E-state index contributed by atoms with van der Waals surface area (Å²) < 4.78 is 18.8. The Kier molecular flexibility index (Phi) is 4.71. The molecule has 0 aromatic heterocycles. The van der Waals surface area contributed by atoms with Crippen LogP contribution in [0.2, 0.25) is 0 Å². The zero-order valence-corrected chi connectivity index (χ0v) is 13.5. The van der Waals surface area contributed by atoms with Crippen LogP contribution in [0.4, 0.5) is 10.1 Å². The van der Waals surface area contributed by atoms with Crippen LogP contribution in [0, 0.1) is 11.7 Å². The normalized spacial score (nSPS) is 24.8. The van der Waals surface area contributed by atoms with Gasteiger partial charge >= 0.3 is 0 Å². The zero-order valence-electron chi connectivity index (χ0n) is 13.5. The Hall–Kier alpha value is -1.82. The monoisotopic (exact) mass is 321 g/mol. The summed E-state index contributed by atoms with van der Waals surface area (Å²) in [4.78, 5) is 16.5. The number of piperazine rings is 1. The number of benzene rings is 1. The molecule has 1 aliphatic carbocycles. The number of carbonyl (C=O) groups excluding carboxylic acids is 1. The third-order valence-corrected chi connectivity index (χ3v) is 4.98. The van der Waals surface area contributed by atoms with Gasteiger partial charge in [0, 0.05) is 44.0 Å². The van der Waals surface area contributed by atoms with E-state index < -0.39 is 0 Å². The average Bonchev–Trinajstić information content (AvgIpc) is 3.00. The molecule has 2 atom stereocenters. The van der Waals surface area contributed by atoms with Gasteiger partial charge < -0.3 is 20.3 Å². The molecule has 23 heavy (non-hydrogen) atoms. The van der Waals surface area contributed by atoms with Crippen molar-refractivity contribution in [1.29, 1.82) is 0 Å². The van der Waals surface area contributed by atoms with Gasteiger partial charge in [0.25, 0.3) is 0 Å². The molecule has 0 bridgehead atoms. The van der Waals surface area contributed by atoms with Crippen LogP contribution in [-0.2, 0) is 4.79 Å². The van der Waals surface area contributed by atoms with E-state index in [0.717, 1.165) is 24.9 Å². The molecule has 0 radical (unpaired) electrons. The maximum absolute atomic E-state index is 13.8. The van der Waals surface area contributed by atoms with Crippen LogP contribution in [0.1, 0.15) is 19.3 Å². The van der Waals surface area contributed by atoms with E-state index in [1.54, 1.807) is 6.07 Å². The van der Waals surface area contributed by atoms with Crippen LogP contribution in [-0.4, -0.2) is 50.1 Å². The summed E-state index contributed by atoms with van der Waals surface area (Å²) in [6, 6.07) is 4.99. The number of halogens is 1. The van der Waals surface area contributed by atoms with Crippen LogP contribution >= 0.6 is 0 Å². The fourth-order valence-electron chi connectivity index (χ4n) is 3.57. The molecule has 2 aliphatic rings. The van der Waals surface area contributed by atoms with Crippen molar-refractivity contribution in [2.24, 2.45) is 11.7 Å². The summed E-state index contributed by atoms with van der Waals surface area (Å²) in [5.74, 6) is 0.0637. The molecule has 1 amide bonds. The molecular weight excluding hydrogens is 297 g/mol. The quantitative estimate of drug-likeness (QED) is 0.919. The van der Waals surface area contributed by atoms with Gasteiger partial charge in [-0.1, -0.05) is 6.42 Å². The van der Waals surface area contributed by atoms with Crippen molar-refractivity contribution in [3.63, 3.8) is 0 Å². The first-order chi connectivity index (χ1) is 11.1. The van der Waals surface area contributed by atoms with Crippen molar-refractivity contribution in [3.05, 3.63) is 24.0 Å². The van der Waals surface area contributed by atoms with Gasteiger partial charge in [0.05, 0.1) is 13.0 Å². The third-order valence-electron chi connectivity index (χ3n) is 4.98. The number of hydrogen-bond acceptors (Lipinski definition) is 4. The minimum atomic E-state index is -0.361. The van der Waals surface area contributed by atoms with Crippen LogP contribution in [0.3, 0.4) is 0 Å². The molecule has 2 N–H and O–H groups in total. The summed E-state index contributed by atoms with van der Waals surface area (Å²) in [5.41, 5.74) is 6.86. The molecule has 1 heterocycles. The van der Waals surface area contributed by atoms with E-state index in [0.29, 0.717) is 26.2 Å². The van der Waals surface area contributed by atoms with Crippen LogP contribution in [0.5, 0.6) is 5.75 Å². The van der Waals surface area contributed by atoms with Gasteiger partial charge in [-0.2, -0.15) is 0 Å². The lowest BCUT2D eigenvalue weighted by Crippen LogP contribution is -2.52. The van der Waals surface area contributed by atoms with Crippen LogP contribution in [0.25, 0.3) is 0 Å². The molecule has 1 saturated heterocycles. The van der Waals surface area contributed by atoms with E-state index in [1.165, 1.54) is 13.2 Å². The second kappa shape index (κ2) is 6.74. The van der Waals surface area contributed by atoms with Crippen molar-refractivity contribution >= 4 is 11.6 Å². The Morgan fingerprint density at radius 3 is 2.57 bits per heavy atom. The number of hydrogen-bond donors (Lipinski definition) is 1. The topological polar surface area (TPSA) is 58.8 Å². The molecule has 126 valence electrons. The third kappa shape index (κ3) is 3.27. The first kappa shape index (κ1) is 16.1. The molecule has 5 nitrogen and oxygen atoms in total. The van der Waals surface area contributed by atoms with E-state index >= 15 is 0 Å². The van der Waals surface area contributed by atoms with Gasteiger partial charge in [-0.15, -0.1) is 0 Å². The molecule has 2 fully saturated rings. The highest BCUT2D eigenvalue weighted by molar-refractivity contribution is 5.80. The highest BCUT2D eigenvalue weighted by Crippen LogP contribution is 2.28. The number of nitrogens with zero attached hydrogens (tertiary/aromatic N) is 2. The summed E-state index contributed by atoms with van der Waals surface area (Å²) in [5, 5.41) is 0. The second-order valence-corrected chi connectivity index (χ2v) is 6.33. The summed E-state index contributed by atoms with van der Waals surface area (Å²) in [6.07, 6.45) is 2.90. The number of carbonyl (C=O) groups is 1. The predicted octanol–water partition coefficient (Wildman–Crippen LogP) is 1.61. The lowest BCUT2D eigenvalue weighted by molar-refractivity contribution is -0.136. The lowest BCUT2D eigenvalue weighted by atomic mass is 10.0. The summed E-state index contributed by atoms with van der Waals surface area (Å²) >= 11 is 0. The molecule has 1 aromatic carbocycles. The van der Waals surface area contributed by atoms with Crippen molar-refractivity contribution < 1.29 is 13.9 Å². The molecule has 0 spiro atoms. The maximum atomic E-state index is 13.8. The number of methoxy groups -OCH3 is 1. The minimum absolute atomic E-state index is 0.0104. The Bertz CT molecular complexity index is 573. The second-order valence-electron chi connectivity index (χ2n) is 6.33. The Morgan fingerprint density at radius 1 is 1.26 bits per heavy atom. The lowest BCUT2D eigenvalue weighted by Gasteiger charge is -2.37. The molecule has 6 heteroatoms. The zero-order chi connectivity index (χ0) is 16.4. The number of ether oxygens (including phenoxy) is 1. The van der Waals surface area contributed by atoms with Crippen molar-refractivity contribution in [1.82, 2.24) is 4.90 Å². The van der Waals surface area contributed by atoms with Crippen LogP contribution < -0.4 is 15.4 Å². The highest BCUT2D eigenvalue weighted by Gasteiger charge is 2.34. The molecular formula is C17H24FN3O2. The number of anilines is 1. The van der Waals surface area contributed by atoms with Crippen molar-refractivity contribution in [2.75, 3.05) is 38.2 Å². The van der Waals surface area contributed by atoms with Gasteiger partial charge in [-0.25, -0.2) is 4.39 Å². The molecule has 0 unspecified atom stereocenters. The van der Waals surface area contributed by atoms with Gasteiger partial charge in [-0.3, -0.25) is 4.79 Å². The minimum Gasteiger partial charge on any atom is -0.494 e. The number of amides is 1. The SMILES string of the molecule is COc1ccc(N2CCN(C(=O)[C@H]3CCC[C@@H]3N)CC2)cc1F. The van der Waals surface area contributed by atoms with E-state index in [1.807, 2.05) is 11.0 Å². The van der Waals surface area contributed by atoms with Crippen molar-refractivity contribution in [3.8, 4) is 5.75 Å². The molecule has 1 aliphatic heterocycles. The van der Waals surface area contributed by atoms with Gasteiger partial charge in [0.1, 0.15) is 0 Å². The van der Waals surface area contributed by atoms with Crippen LogP contribution in [0.15, 0.2) is 18.2 Å².